The SMILES string of the molecule is CN(c1ccccc1)c1ccccc1C(=O)N1CCCC(O)C1. The largest absolute Gasteiger partial charge is 0.391 e. The number of piperidine rings is 1. The lowest BCUT2D eigenvalue weighted by Gasteiger charge is -2.31. The van der Waals surface area contributed by atoms with Crippen LogP contribution < -0.4 is 4.90 Å². The average Bonchev–Trinajstić information content (AvgIpc) is 2.61. The highest BCUT2D eigenvalue weighted by Gasteiger charge is 2.25. The first-order valence-electron chi connectivity index (χ1n) is 8.02. The zero-order valence-electron chi connectivity index (χ0n) is 13.4. The molecule has 4 heteroatoms. The number of aliphatic hydroxyl groups is 1. The summed E-state index contributed by atoms with van der Waals surface area (Å²) < 4.78 is 0. The molecule has 0 saturated carbocycles. The zero-order chi connectivity index (χ0) is 16.2. The van der Waals surface area contributed by atoms with Crippen molar-refractivity contribution in [3.63, 3.8) is 0 Å². The Morgan fingerprint density at radius 1 is 1.13 bits per heavy atom. The molecule has 1 atom stereocenters. The van der Waals surface area contributed by atoms with Crippen molar-refractivity contribution in [3.05, 3.63) is 60.2 Å². The molecule has 0 aromatic heterocycles. The van der Waals surface area contributed by atoms with Gasteiger partial charge in [-0.05, 0) is 37.1 Å². The molecular formula is C19H22N2O2. The fourth-order valence-electron chi connectivity index (χ4n) is 3.05. The van der Waals surface area contributed by atoms with Crippen LogP contribution in [0.5, 0.6) is 0 Å². The second kappa shape index (κ2) is 6.84. The van der Waals surface area contributed by atoms with Gasteiger partial charge in [0.15, 0.2) is 0 Å². The second-order valence-corrected chi connectivity index (χ2v) is 5.96. The molecule has 2 aromatic rings. The molecule has 1 aliphatic heterocycles. The fraction of sp³-hybridized carbons (Fsp3) is 0.316. The summed E-state index contributed by atoms with van der Waals surface area (Å²) in [6, 6.07) is 17.6. The molecule has 3 rings (SSSR count). The summed E-state index contributed by atoms with van der Waals surface area (Å²) in [4.78, 5) is 16.7. The van der Waals surface area contributed by atoms with E-state index < -0.39 is 6.10 Å². The predicted molar refractivity (Wildman–Crippen MR) is 92.1 cm³/mol. The third-order valence-corrected chi connectivity index (χ3v) is 4.32. The lowest BCUT2D eigenvalue weighted by atomic mass is 10.1. The number of benzene rings is 2. The van der Waals surface area contributed by atoms with Crippen LogP contribution in [0.1, 0.15) is 23.2 Å². The molecule has 1 heterocycles. The number of aliphatic hydroxyl groups excluding tert-OH is 1. The van der Waals surface area contributed by atoms with Gasteiger partial charge in [0.1, 0.15) is 0 Å². The zero-order valence-corrected chi connectivity index (χ0v) is 13.4. The number of nitrogens with zero attached hydrogens (tertiary/aromatic N) is 2. The third-order valence-electron chi connectivity index (χ3n) is 4.32. The van der Waals surface area contributed by atoms with Gasteiger partial charge in [0.05, 0.1) is 17.4 Å². The summed E-state index contributed by atoms with van der Waals surface area (Å²) in [6.45, 7) is 1.13. The maximum Gasteiger partial charge on any atom is 0.256 e. The number of rotatable bonds is 3. The van der Waals surface area contributed by atoms with Crippen LogP contribution in [0.4, 0.5) is 11.4 Å². The van der Waals surface area contributed by atoms with Crippen molar-refractivity contribution in [1.82, 2.24) is 4.90 Å². The van der Waals surface area contributed by atoms with E-state index in [0.717, 1.165) is 24.2 Å². The summed E-state index contributed by atoms with van der Waals surface area (Å²) in [6.07, 6.45) is 1.21. The van der Waals surface area contributed by atoms with E-state index in [1.165, 1.54) is 0 Å². The van der Waals surface area contributed by atoms with Crippen LogP contribution in [-0.2, 0) is 0 Å². The molecule has 23 heavy (non-hydrogen) atoms. The van der Waals surface area contributed by atoms with Gasteiger partial charge in [0.25, 0.3) is 5.91 Å². The highest BCUT2D eigenvalue weighted by Crippen LogP contribution is 2.28. The smallest absolute Gasteiger partial charge is 0.256 e. The van der Waals surface area contributed by atoms with Crippen LogP contribution in [0.25, 0.3) is 0 Å². The minimum Gasteiger partial charge on any atom is -0.391 e. The van der Waals surface area contributed by atoms with Crippen molar-refractivity contribution in [1.29, 1.82) is 0 Å². The minimum absolute atomic E-state index is 0.0119. The molecule has 1 fully saturated rings. The van der Waals surface area contributed by atoms with Gasteiger partial charge in [-0.2, -0.15) is 0 Å². The van der Waals surface area contributed by atoms with Gasteiger partial charge in [-0.3, -0.25) is 4.79 Å². The van der Waals surface area contributed by atoms with Crippen molar-refractivity contribution in [2.45, 2.75) is 18.9 Å². The van der Waals surface area contributed by atoms with E-state index in [-0.39, 0.29) is 5.91 Å². The Hall–Kier alpha value is -2.33. The first kappa shape index (κ1) is 15.6. The summed E-state index contributed by atoms with van der Waals surface area (Å²) in [7, 11) is 1.96. The quantitative estimate of drug-likeness (QED) is 0.947. The number of amides is 1. The van der Waals surface area contributed by atoms with E-state index in [9.17, 15) is 9.90 Å². The van der Waals surface area contributed by atoms with E-state index >= 15 is 0 Å². The van der Waals surface area contributed by atoms with Crippen molar-refractivity contribution < 1.29 is 9.90 Å². The second-order valence-electron chi connectivity index (χ2n) is 5.96. The number of β-amino-alcohol motifs (C(OH)–C–C–N with tert-alkyl or cyclic N) is 1. The molecule has 2 aromatic carbocycles. The number of carbonyl (C=O) groups excluding carboxylic acids is 1. The first-order valence-corrected chi connectivity index (χ1v) is 8.02. The average molecular weight is 310 g/mol. The van der Waals surface area contributed by atoms with Gasteiger partial charge < -0.3 is 14.9 Å². The van der Waals surface area contributed by atoms with Gasteiger partial charge >= 0.3 is 0 Å². The number of anilines is 2. The van der Waals surface area contributed by atoms with E-state index in [0.29, 0.717) is 18.7 Å². The molecule has 0 radical (unpaired) electrons. The molecule has 1 saturated heterocycles. The van der Waals surface area contributed by atoms with Crippen LogP contribution in [0.15, 0.2) is 54.6 Å². The van der Waals surface area contributed by atoms with E-state index in [2.05, 4.69) is 0 Å². The van der Waals surface area contributed by atoms with E-state index in [4.69, 9.17) is 0 Å². The highest BCUT2D eigenvalue weighted by atomic mass is 16.3. The van der Waals surface area contributed by atoms with Crippen LogP contribution in [0.2, 0.25) is 0 Å². The molecule has 1 aliphatic rings. The van der Waals surface area contributed by atoms with E-state index in [1.807, 2.05) is 66.5 Å². The summed E-state index contributed by atoms with van der Waals surface area (Å²) >= 11 is 0. The van der Waals surface area contributed by atoms with Gasteiger partial charge in [0.2, 0.25) is 0 Å². The number of para-hydroxylation sites is 2. The molecule has 1 N–H and O–H groups in total. The summed E-state index contributed by atoms with van der Waals surface area (Å²) in [5.41, 5.74) is 2.59. The molecule has 120 valence electrons. The van der Waals surface area contributed by atoms with Crippen molar-refractivity contribution in [2.24, 2.45) is 0 Å². The third kappa shape index (κ3) is 3.37. The molecule has 4 nitrogen and oxygen atoms in total. The molecule has 0 spiro atoms. The van der Waals surface area contributed by atoms with Crippen molar-refractivity contribution >= 4 is 17.3 Å². The number of carbonyl (C=O) groups is 1. The predicted octanol–water partition coefficient (Wildman–Crippen LogP) is 3.05. The Bertz CT molecular complexity index is 672. The number of hydrogen-bond donors (Lipinski definition) is 1. The Labute approximate surface area is 137 Å². The normalized spacial score (nSPS) is 17.8. The van der Waals surface area contributed by atoms with Crippen molar-refractivity contribution in [2.75, 3.05) is 25.0 Å². The Morgan fingerprint density at radius 2 is 1.83 bits per heavy atom. The molecule has 0 aliphatic carbocycles. The summed E-state index contributed by atoms with van der Waals surface area (Å²) in [5.74, 6) is -0.0119. The Kier molecular flexibility index (Phi) is 4.63. The minimum atomic E-state index is -0.410. The van der Waals surface area contributed by atoms with Crippen LogP contribution in [-0.4, -0.2) is 42.2 Å². The van der Waals surface area contributed by atoms with Crippen molar-refractivity contribution in [3.8, 4) is 0 Å². The number of likely N-dealkylation sites (tertiary alicyclic amines) is 1. The van der Waals surface area contributed by atoms with Gasteiger partial charge in [-0.1, -0.05) is 30.3 Å². The first-order chi connectivity index (χ1) is 11.2. The Morgan fingerprint density at radius 3 is 2.57 bits per heavy atom. The van der Waals surface area contributed by atoms with Crippen LogP contribution in [0.3, 0.4) is 0 Å². The monoisotopic (exact) mass is 310 g/mol. The van der Waals surface area contributed by atoms with E-state index in [1.54, 1.807) is 4.90 Å². The van der Waals surface area contributed by atoms with Gasteiger partial charge in [-0.25, -0.2) is 0 Å². The molecule has 0 bridgehead atoms. The van der Waals surface area contributed by atoms with Crippen LogP contribution in [0, 0.1) is 0 Å². The number of hydrogen-bond acceptors (Lipinski definition) is 3. The van der Waals surface area contributed by atoms with Gasteiger partial charge in [-0.15, -0.1) is 0 Å². The molecule has 1 amide bonds. The fourth-order valence-corrected chi connectivity index (χ4v) is 3.05. The molecule has 1 unspecified atom stereocenters. The topological polar surface area (TPSA) is 43.8 Å². The van der Waals surface area contributed by atoms with Crippen LogP contribution >= 0.6 is 0 Å². The maximum atomic E-state index is 12.9. The molecular weight excluding hydrogens is 288 g/mol. The lowest BCUT2D eigenvalue weighted by molar-refractivity contribution is 0.0474. The summed E-state index contributed by atoms with van der Waals surface area (Å²) in [5, 5.41) is 9.83. The maximum absolute atomic E-state index is 12.9. The lowest BCUT2D eigenvalue weighted by Crippen LogP contribution is -2.42. The highest BCUT2D eigenvalue weighted by molar-refractivity contribution is 6.00. The Balaban J connectivity index is 1.90. The van der Waals surface area contributed by atoms with Gasteiger partial charge in [0, 0.05) is 25.8 Å². The standard InChI is InChI=1S/C19H22N2O2/c1-20(15-8-3-2-4-9-15)18-12-6-5-11-17(18)19(23)21-13-7-10-16(22)14-21/h2-6,8-9,11-12,16,22H,7,10,13-14H2,1H3.